The molecule has 0 aromatic carbocycles. The summed E-state index contributed by atoms with van der Waals surface area (Å²) in [5.41, 5.74) is -2.12. The molecule has 0 bridgehead atoms. The summed E-state index contributed by atoms with van der Waals surface area (Å²) in [5, 5.41) is 142. The Bertz CT molecular complexity index is 2150. The first kappa shape index (κ1) is 57.6. The fraction of sp³-hybridized carbons (Fsp3) is 0.942. The molecule has 76 heavy (non-hydrogen) atoms. The van der Waals surface area contributed by atoms with Crippen molar-refractivity contribution in [3.05, 3.63) is 11.1 Å². The van der Waals surface area contributed by atoms with Crippen molar-refractivity contribution in [2.45, 2.75) is 220 Å². The van der Waals surface area contributed by atoms with E-state index in [0.29, 0.717) is 38.5 Å². The number of hydrogen-bond acceptors (Lipinski definition) is 24. The lowest BCUT2D eigenvalue weighted by molar-refractivity contribution is -0.378. The highest BCUT2D eigenvalue weighted by Gasteiger charge is 2.75. The quantitative estimate of drug-likeness (QED) is 0.0649. The molecular weight excluding hydrogens is 1010 g/mol. The van der Waals surface area contributed by atoms with E-state index in [0.717, 1.165) is 25.7 Å². The number of aliphatic hydroxyl groups excluding tert-OH is 12. The summed E-state index contributed by atoms with van der Waals surface area (Å²) in [5.74, 6) is -1.48. The molecule has 0 aromatic heterocycles. The average molecular weight is 1090 g/mol. The van der Waals surface area contributed by atoms with Crippen LogP contribution in [0.25, 0.3) is 0 Å². The molecule has 434 valence electrons. The maximum absolute atomic E-state index is 12.7. The molecular formula is C52H82O24. The minimum atomic E-state index is -2.15. The Labute approximate surface area is 440 Å². The van der Waals surface area contributed by atoms with Gasteiger partial charge in [0.15, 0.2) is 25.2 Å². The van der Waals surface area contributed by atoms with Gasteiger partial charge in [0.05, 0.1) is 63.9 Å². The molecule has 2 saturated carbocycles. The van der Waals surface area contributed by atoms with Crippen LogP contribution in [0.1, 0.15) is 98.8 Å². The topological polar surface area (TPSA) is 372 Å². The molecule has 2 spiro atoms. The smallest absolute Gasteiger partial charge is 0.311 e. The summed E-state index contributed by atoms with van der Waals surface area (Å²) >= 11 is 0. The highest BCUT2D eigenvalue weighted by Crippen LogP contribution is 2.76. The van der Waals surface area contributed by atoms with Crippen molar-refractivity contribution in [2.24, 2.45) is 39.4 Å². The van der Waals surface area contributed by atoms with Gasteiger partial charge in [0.1, 0.15) is 78.8 Å². The van der Waals surface area contributed by atoms with Crippen molar-refractivity contribution in [1.29, 1.82) is 0 Å². The highest BCUT2D eigenvalue weighted by atomic mass is 16.8. The van der Waals surface area contributed by atoms with Gasteiger partial charge in [-0.25, -0.2) is 0 Å². The number of carbonyl (C=O) groups excluding carboxylic acids is 1. The lowest BCUT2D eigenvalue weighted by atomic mass is 9.42. The summed E-state index contributed by atoms with van der Waals surface area (Å²) < 4.78 is 60.4. The number of carbonyl (C=O) groups is 1. The molecule has 0 amide bonds. The fourth-order valence-corrected chi connectivity index (χ4v) is 16.3. The summed E-state index contributed by atoms with van der Waals surface area (Å²) in [6.07, 6.45) is -21.8. The predicted molar refractivity (Wildman–Crippen MR) is 253 cm³/mol. The first-order valence-corrected chi connectivity index (χ1v) is 27.2. The van der Waals surface area contributed by atoms with Crippen molar-refractivity contribution >= 4 is 5.97 Å². The minimum absolute atomic E-state index is 0.158. The Morgan fingerprint density at radius 1 is 0.658 bits per heavy atom. The highest BCUT2D eigenvalue weighted by molar-refractivity contribution is 5.74. The minimum Gasteiger partial charge on any atom is -0.433 e. The second kappa shape index (κ2) is 20.6. The third-order valence-corrected chi connectivity index (χ3v) is 20.9. The zero-order valence-corrected chi connectivity index (χ0v) is 43.9. The van der Waals surface area contributed by atoms with Gasteiger partial charge in [-0.3, -0.25) is 4.79 Å². The second-order valence-electron chi connectivity index (χ2n) is 24.8. The van der Waals surface area contributed by atoms with Crippen LogP contribution in [0.15, 0.2) is 11.1 Å². The van der Waals surface area contributed by atoms with Gasteiger partial charge in [-0.05, 0) is 74.0 Å². The second-order valence-corrected chi connectivity index (χ2v) is 24.8. The third-order valence-electron chi connectivity index (χ3n) is 20.9. The standard InChI is InChI=1S/C52H82O24/c1-23-14-51(75-41(23)65)15-24(2)52(76-51)13-12-47(4)26-6-7-30-46(3,25(26)8-11-48(47,52)5)10-9-31(49(30,19-54)20-55)72-42-37(63)35(61)34(60)29(71-42)18-68-43-38(32(58)27(57)17-67-43)73-44-39(36(62)33(59)28(16-53)70-44)74-45-40(64)50(66,21-56)22-69-45/h23-24,27-40,42-45,53-64,66H,6-22H2,1-5H3/t23-,24+,27+,28+,29-,30-,31+,32-,33+,34-,35+,36-,37+,38+,39-,40-,42-,43-,44-,45-,46+,47-,48-,50+,51+,52-/m0/s1. The molecule has 6 aliphatic heterocycles. The Balaban J connectivity index is 0.840. The Hall–Kier alpha value is -1.67. The predicted octanol–water partition coefficient (Wildman–Crippen LogP) is -2.92. The van der Waals surface area contributed by atoms with E-state index in [9.17, 15) is 71.2 Å². The van der Waals surface area contributed by atoms with Crippen molar-refractivity contribution in [2.75, 3.05) is 46.2 Å². The third kappa shape index (κ3) is 8.64. The Kier molecular flexibility index (Phi) is 15.6. The molecule has 24 heteroatoms. The molecule has 0 aromatic rings. The molecule has 6 heterocycles. The Morgan fingerprint density at radius 2 is 1.34 bits per heavy atom. The molecule has 6 saturated heterocycles. The van der Waals surface area contributed by atoms with E-state index < -0.39 is 179 Å². The molecule has 4 aliphatic carbocycles. The first-order chi connectivity index (χ1) is 35.9. The SMILES string of the molecule is C[C@@H]1C[C@@]2(C[C@H](C)C(=O)O2)O[C@@]12CC[C@@]1(C)C3=C(CC[C@@]12C)[C@@]1(C)CC[C@@H](O[C@@H]2O[C@@H](CO[C@@H]4OC[C@@H](O)[C@H](O)[C@H]4O[C@@H]4O[C@H](CO)[C@@H](O)[C@H](O)[C@@H]4O[C@@H]4OC[C@](O)(CO)[C@H]4O)[C@H](O)[C@@H](O)[C@H]2O)C(CO)(CO)[C@H]1CC3. The van der Waals surface area contributed by atoms with E-state index in [1.54, 1.807) is 0 Å². The monoisotopic (exact) mass is 1090 g/mol. The number of fused-ring (bicyclic) bond motifs is 5. The molecule has 26 atom stereocenters. The van der Waals surface area contributed by atoms with Crippen molar-refractivity contribution in [1.82, 2.24) is 0 Å². The van der Waals surface area contributed by atoms with E-state index >= 15 is 0 Å². The fourth-order valence-electron chi connectivity index (χ4n) is 16.3. The van der Waals surface area contributed by atoms with Gasteiger partial charge in [-0.15, -0.1) is 0 Å². The van der Waals surface area contributed by atoms with Gasteiger partial charge in [-0.2, -0.15) is 0 Å². The van der Waals surface area contributed by atoms with Crippen molar-refractivity contribution in [3.8, 4) is 0 Å². The molecule has 24 nitrogen and oxygen atoms in total. The van der Waals surface area contributed by atoms with Crippen molar-refractivity contribution in [3.63, 3.8) is 0 Å². The van der Waals surface area contributed by atoms with Gasteiger partial charge < -0.3 is 114 Å². The van der Waals surface area contributed by atoms with E-state index in [1.165, 1.54) is 11.1 Å². The summed E-state index contributed by atoms with van der Waals surface area (Å²) in [4.78, 5) is 12.7. The maximum Gasteiger partial charge on any atom is 0.311 e. The normalized spacial score (nSPS) is 54.0. The van der Waals surface area contributed by atoms with Gasteiger partial charge in [0.25, 0.3) is 0 Å². The molecule has 8 fully saturated rings. The van der Waals surface area contributed by atoms with Crippen LogP contribution in [0.2, 0.25) is 0 Å². The number of allylic oxidation sites excluding steroid dienone is 2. The van der Waals surface area contributed by atoms with Gasteiger partial charge in [0, 0.05) is 23.7 Å². The number of aliphatic hydroxyl groups is 13. The summed E-state index contributed by atoms with van der Waals surface area (Å²) in [7, 11) is 0. The van der Waals surface area contributed by atoms with Crippen LogP contribution < -0.4 is 0 Å². The number of esters is 1. The molecule has 13 N–H and O–H groups in total. The first-order valence-electron chi connectivity index (χ1n) is 27.2. The van der Waals surface area contributed by atoms with Crippen LogP contribution in [-0.4, -0.2) is 240 Å². The van der Waals surface area contributed by atoms with Crippen LogP contribution >= 0.6 is 0 Å². The van der Waals surface area contributed by atoms with Gasteiger partial charge in [-0.1, -0.05) is 45.8 Å². The van der Waals surface area contributed by atoms with Crippen LogP contribution in [0, 0.1) is 39.4 Å². The van der Waals surface area contributed by atoms with Gasteiger partial charge in [0.2, 0.25) is 5.79 Å². The Morgan fingerprint density at radius 3 is 2.00 bits per heavy atom. The largest absolute Gasteiger partial charge is 0.433 e. The summed E-state index contributed by atoms with van der Waals surface area (Å²) in [6, 6.07) is 0. The van der Waals surface area contributed by atoms with Crippen LogP contribution in [0.4, 0.5) is 0 Å². The van der Waals surface area contributed by atoms with E-state index in [2.05, 4.69) is 27.7 Å². The van der Waals surface area contributed by atoms with Crippen LogP contribution in [-0.2, 0) is 52.2 Å². The van der Waals surface area contributed by atoms with E-state index in [4.69, 9.17) is 47.4 Å². The van der Waals surface area contributed by atoms with Crippen molar-refractivity contribution < 1.29 is 119 Å². The van der Waals surface area contributed by atoms with Crippen LogP contribution in [0.5, 0.6) is 0 Å². The zero-order chi connectivity index (χ0) is 54.9. The zero-order valence-electron chi connectivity index (χ0n) is 43.9. The summed E-state index contributed by atoms with van der Waals surface area (Å²) in [6.45, 7) is 6.65. The molecule has 0 radical (unpaired) electrons. The van der Waals surface area contributed by atoms with Crippen LogP contribution in [0.3, 0.4) is 0 Å². The molecule has 10 aliphatic rings. The molecule has 0 unspecified atom stereocenters. The number of ether oxygens (including phenoxy) is 10. The maximum atomic E-state index is 12.7. The lowest BCUT2D eigenvalue weighted by Gasteiger charge is -2.64. The number of rotatable bonds is 13. The average Bonchev–Trinajstić information content (AvgIpc) is 4.06. The molecule has 10 rings (SSSR count). The van der Waals surface area contributed by atoms with Gasteiger partial charge >= 0.3 is 5.97 Å². The number of hydrogen-bond donors (Lipinski definition) is 13. The lowest BCUT2D eigenvalue weighted by Crippen LogP contribution is -2.65. The van der Waals surface area contributed by atoms with E-state index in [-0.39, 0.29) is 34.6 Å². The van der Waals surface area contributed by atoms with E-state index in [1.807, 2.05) is 6.92 Å².